The van der Waals surface area contributed by atoms with Crippen molar-refractivity contribution >= 4 is 32.6 Å². The molecule has 0 aliphatic rings. The fraction of sp³-hybridized carbons (Fsp3) is 0.125. The number of fused-ring (bicyclic) bond motifs is 4. The monoisotopic (exact) mass is 401 g/mol. The Bertz CT molecular complexity index is 1480. The van der Waals surface area contributed by atoms with Gasteiger partial charge in [-0.05, 0) is 35.7 Å². The minimum Gasteiger partial charge on any atom is -0.496 e. The average molecular weight is 401 g/mol. The summed E-state index contributed by atoms with van der Waals surface area (Å²) in [7, 11) is 4.72. The Morgan fingerprint density at radius 3 is 2.27 bits per heavy atom. The number of aromatic amines is 1. The van der Waals surface area contributed by atoms with Crippen LogP contribution >= 0.6 is 0 Å². The van der Waals surface area contributed by atoms with E-state index in [0.29, 0.717) is 44.8 Å². The number of H-pyrrole nitrogens is 1. The number of rotatable bonds is 4. The summed E-state index contributed by atoms with van der Waals surface area (Å²) in [6.45, 7) is 0. The van der Waals surface area contributed by atoms with Crippen molar-refractivity contribution in [3.05, 3.63) is 65.0 Å². The van der Waals surface area contributed by atoms with Gasteiger partial charge >= 0.3 is 0 Å². The van der Waals surface area contributed by atoms with Gasteiger partial charge in [0.1, 0.15) is 23.0 Å². The van der Waals surface area contributed by atoms with E-state index >= 15 is 0 Å². The van der Waals surface area contributed by atoms with Gasteiger partial charge < -0.3 is 23.6 Å². The predicted molar refractivity (Wildman–Crippen MR) is 117 cm³/mol. The van der Waals surface area contributed by atoms with Crippen LogP contribution in [0, 0.1) is 0 Å². The Hall–Kier alpha value is -3.93. The van der Waals surface area contributed by atoms with Crippen molar-refractivity contribution in [3.8, 4) is 28.6 Å². The normalized spacial score (nSPS) is 11.3. The molecule has 5 rings (SSSR count). The van der Waals surface area contributed by atoms with E-state index in [-0.39, 0.29) is 5.43 Å². The van der Waals surface area contributed by atoms with E-state index in [1.165, 1.54) is 6.07 Å². The van der Waals surface area contributed by atoms with Gasteiger partial charge in [0.05, 0.1) is 37.5 Å². The third-order valence-corrected chi connectivity index (χ3v) is 5.36. The molecule has 6 nitrogen and oxygen atoms in total. The molecule has 2 heterocycles. The predicted octanol–water partition coefficient (Wildman–Crippen LogP) is 5.12. The zero-order valence-electron chi connectivity index (χ0n) is 16.7. The second-order valence-corrected chi connectivity index (χ2v) is 6.93. The van der Waals surface area contributed by atoms with Crippen LogP contribution < -0.4 is 19.6 Å². The Balaban J connectivity index is 1.91. The van der Waals surface area contributed by atoms with Crippen LogP contribution in [0.5, 0.6) is 17.2 Å². The summed E-state index contributed by atoms with van der Waals surface area (Å²) in [5.74, 6) is 2.15. The van der Waals surface area contributed by atoms with Crippen LogP contribution in [0.15, 0.2) is 63.9 Å². The van der Waals surface area contributed by atoms with E-state index in [9.17, 15) is 4.79 Å². The number of nitrogens with one attached hydrogen (secondary N) is 1. The summed E-state index contributed by atoms with van der Waals surface area (Å²) in [4.78, 5) is 16.2. The maximum atomic E-state index is 13.1. The number of ether oxygens (including phenoxy) is 3. The van der Waals surface area contributed by atoms with Crippen molar-refractivity contribution in [2.24, 2.45) is 0 Å². The van der Waals surface area contributed by atoms with Crippen molar-refractivity contribution < 1.29 is 18.6 Å². The first kappa shape index (κ1) is 18.1. The second-order valence-electron chi connectivity index (χ2n) is 6.93. The average Bonchev–Trinajstić information content (AvgIpc) is 3.25. The lowest BCUT2D eigenvalue weighted by molar-refractivity contribution is 0.400. The highest BCUT2D eigenvalue weighted by molar-refractivity contribution is 6.13. The molecule has 3 aromatic carbocycles. The van der Waals surface area contributed by atoms with E-state index in [1.807, 2.05) is 30.5 Å². The Morgan fingerprint density at radius 1 is 0.800 bits per heavy atom. The van der Waals surface area contributed by atoms with Crippen LogP contribution in [0.3, 0.4) is 0 Å². The first-order valence-corrected chi connectivity index (χ1v) is 9.41. The van der Waals surface area contributed by atoms with Crippen LogP contribution in [0.2, 0.25) is 0 Å². The molecular formula is C24H19NO5. The molecule has 0 spiro atoms. The summed E-state index contributed by atoms with van der Waals surface area (Å²) >= 11 is 0. The van der Waals surface area contributed by atoms with Crippen molar-refractivity contribution in [3.63, 3.8) is 0 Å². The molecule has 1 N–H and O–H groups in total. The zero-order chi connectivity index (χ0) is 20.8. The van der Waals surface area contributed by atoms with Gasteiger partial charge in [0, 0.05) is 23.3 Å². The Kier molecular flexibility index (Phi) is 4.13. The molecule has 0 saturated carbocycles. The zero-order valence-corrected chi connectivity index (χ0v) is 16.7. The summed E-state index contributed by atoms with van der Waals surface area (Å²) < 4.78 is 23.0. The van der Waals surface area contributed by atoms with E-state index in [0.717, 1.165) is 16.5 Å². The van der Waals surface area contributed by atoms with E-state index in [1.54, 1.807) is 39.5 Å². The quantitative estimate of drug-likeness (QED) is 0.423. The highest BCUT2D eigenvalue weighted by Gasteiger charge is 2.20. The summed E-state index contributed by atoms with van der Waals surface area (Å²) in [5, 5.41) is 2.82. The highest BCUT2D eigenvalue weighted by Crippen LogP contribution is 2.43. The molecular weight excluding hydrogens is 382 g/mol. The Morgan fingerprint density at radius 2 is 1.53 bits per heavy atom. The van der Waals surface area contributed by atoms with Crippen LogP contribution in [0.4, 0.5) is 0 Å². The Labute approximate surface area is 171 Å². The van der Waals surface area contributed by atoms with Crippen molar-refractivity contribution in [2.45, 2.75) is 0 Å². The van der Waals surface area contributed by atoms with E-state index in [2.05, 4.69) is 4.98 Å². The van der Waals surface area contributed by atoms with E-state index in [4.69, 9.17) is 18.6 Å². The molecule has 0 aliphatic heterocycles. The van der Waals surface area contributed by atoms with Gasteiger partial charge in [-0.3, -0.25) is 4.79 Å². The number of hydrogen-bond acceptors (Lipinski definition) is 5. The molecule has 150 valence electrons. The molecule has 0 aliphatic carbocycles. The van der Waals surface area contributed by atoms with Crippen molar-refractivity contribution in [1.29, 1.82) is 0 Å². The third kappa shape index (κ3) is 2.61. The number of hydrogen-bond donors (Lipinski definition) is 1. The van der Waals surface area contributed by atoms with Gasteiger partial charge in [-0.25, -0.2) is 0 Å². The molecule has 0 bridgehead atoms. The van der Waals surface area contributed by atoms with Gasteiger partial charge in [0.2, 0.25) is 0 Å². The number of methoxy groups -OCH3 is 3. The molecule has 0 amide bonds. The molecule has 6 heteroatoms. The molecule has 0 atom stereocenters. The van der Waals surface area contributed by atoms with Gasteiger partial charge in [-0.15, -0.1) is 0 Å². The van der Waals surface area contributed by atoms with Gasteiger partial charge in [0.25, 0.3) is 0 Å². The summed E-state index contributed by atoms with van der Waals surface area (Å²) in [5.41, 5.74) is 2.03. The van der Waals surface area contributed by atoms with Crippen LogP contribution in [-0.2, 0) is 0 Å². The van der Waals surface area contributed by atoms with E-state index < -0.39 is 0 Å². The third-order valence-electron chi connectivity index (χ3n) is 5.36. The first-order valence-electron chi connectivity index (χ1n) is 9.41. The standard InChI is InChI=1S/C24H19NO5/c1-27-18-6-7-19(28-2)23-22(18)21(29-3)11-15-17(26)12-20(30-24(15)23)14-5-4-13-8-9-25-16(13)10-14/h4-12,25H,1-3H3. The van der Waals surface area contributed by atoms with Crippen LogP contribution in [0.25, 0.3) is 44.0 Å². The lowest BCUT2D eigenvalue weighted by Gasteiger charge is -2.15. The molecule has 0 unspecified atom stereocenters. The SMILES string of the molecule is COc1ccc(OC)c2c1c(OC)cc1c(=O)cc(-c3ccc4cc[nH]c4c3)oc12. The van der Waals surface area contributed by atoms with Gasteiger partial charge in [-0.2, -0.15) is 0 Å². The summed E-state index contributed by atoms with van der Waals surface area (Å²) in [6.07, 6.45) is 1.88. The fourth-order valence-corrected chi connectivity index (χ4v) is 3.91. The highest BCUT2D eigenvalue weighted by atomic mass is 16.5. The minimum atomic E-state index is -0.164. The second kappa shape index (κ2) is 6.84. The molecule has 2 aromatic heterocycles. The van der Waals surface area contributed by atoms with Crippen LogP contribution in [0.1, 0.15) is 0 Å². The molecule has 0 radical (unpaired) electrons. The molecule has 30 heavy (non-hydrogen) atoms. The van der Waals surface area contributed by atoms with Crippen molar-refractivity contribution in [2.75, 3.05) is 21.3 Å². The smallest absolute Gasteiger partial charge is 0.193 e. The number of aromatic nitrogens is 1. The first-order chi connectivity index (χ1) is 14.6. The molecule has 0 fully saturated rings. The largest absolute Gasteiger partial charge is 0.496 e. The maximum Gasteiger partial charge on any atom is 0.193 e. The van der Waals surface area contributed by atoms with Crippen molar-refractivity contribution in [1.82, 2.24) is 4.98 Å². The molecule has 5 aromatic rings. The molecule has 0 saturated heterocycles. The maximum absolute atomic E-state index is 13.1. The minimum absolute atomic E-state index is 0.164. The lowest BCUT2D eigenvalue weighted by Crippen LogP contribution is -2.03. The topological polar surface area (TPSA) is 73.7 Å². The summed E-state index contributed by atoms with van der Waals surface area (Å²) in [6, 6.07) is 14.7. The van der Waals surface area contributed by atoms with Crippen LogP contribution in [-0.4, -0.2) is 26.3 Å². The van der Waals surface area contributed by atoms with Gasteiger partial charge in [0.15, 0.2) is 11.0 Å². The van der Waals surface area contributed by atoms with Gasteiger partial charge in [-0.1, -0.05) is 12.1 Å². The lowest BCUT2D eigenvalue weighted by atomic mass is 10.0. The fourth-order valence-electron chi connectivity index (χ4n) is 3.91. The number of benzene rings is 3.